The van der Waals surface area contributed by atoms with E-state index in [0.29, 0.717) is 18.5 Å². The molecule has 3 amide bonds. The minimum Gasteiger partial charge on any atom is -0.354 e. The zero-order valence-electron chi connectivity index (χ0n) is 20.0. The van der Waals surface area contributed by atoms with Gasteiger partial charge in [-0.05, 0) is 36.2 Å². The highest BCUT2D eigenvalue weighted by Gasteiger charge is 2.39. The van der Waals surface area contributed by atoms with E-state index >= 15 is 0 Å². The van der Waals surface area contributed by atoms with Crippen LogP contribution in [0.1, 0.15) is 28.8 Å². The van der Waals surface area contributed by atoms with Crippen molar-refractivity contribution >= 4 is 23.5 Å². The number of hydrogen-bond donors (Lipinski definition) is 2. The minimum atomic E-state index is -0.621. The van der Waals surface area contributed by atoms with Crippen molar-refractivity contribution in [1.82, 2.24) is 30.1 Å². The van der Waals surface area contributed by atoms with E-state index < -0.39 is 11.9 Å². The van der Waals surface area contributed by atoms with Crippen molar-refractivity contribution in [3.05, 3.63) is 53.9 Å². The second-order valence-electron chi connectivity index (χ2n) is 9.47. The molecule has 6 rings (SSSR count). The number of amides is 3. The Morgan fingerprint density at radius 2 is 1.83 bits per heavy atom. The van der Waals surface area contributed by atoms with Crippen molar-refractivity contribution in [2.24, 2.45) is 7.05 Å². The van der Waals surface area contributed by atoms with Gasteiger partial charge < -0.3 is 19.7 Å². The predicted molar refractivity (Wildman–Crippen MR) is 133 cm³/mol. The summed E-state index contributed by atoms with van der Waals surface area (Å²) >= 11 is 0. The van der Waals surface area contributed by atoms with Crippen molar-refractivity contribution in [2.45, 2.75) is 25.4 Å². The molecule has 2 saturated heterocycles. The van der Waals surface area contributed by atoms with Crippen molar-refractivity contribution < 1.29 is 14.4 Å². The number of nitrogens with one attached hydrogen (secondary N) is 2. The number of pyridine rings is 1. The predicted octanol–water partition coefficient (Wildman–Crippen LogP) is 1.32. The van der Waals surface area contributed by atoms with Crippen LogP contribution in [0.4, 0.5) is 5.82 Å². The maximum atomic E-state index is 13.0. The van der Waals surface area contributed by atoms with Gasteiger partial charge in [0.1, 0.15) is 17.7 Å². The highest BCUT2D eigenvalue weighted by molar-refractivity contribution is 6.05. The number of imide groups is 1. The maximum absolute atomic E-state index is 13.0. The molecule has 0 saturated carbocycles. The number of hydrogen-bond acceptors (Lipinski definition) is 7. The summed E-state index contributed by atoms with van der Waals surface area (Å²) in [5.74, 6) is 0.911. The number of piperazine rings is 1. The van der Waals surface area contributed by atoms with Gasteiger partial charge in [-0.25, -0.2) is 9.97 Å². The number of carbonyl (C=O) groups is 3. The normalized spacial score (nSPS) is 20.0. The van der Waals surface area contributed by atoms with Crippen LogP contribution in [-0.2, 0) is 23.2 Å². The van der Waals surface area contributed by atoms with E-state index in [2.05, 4.69) is 26.6 Å². The van der Waals surface area contributed by atoms with Gasteiger partial charge in [0.05, 0.1) is 5.69 Å². The molecule has 3 aliphatic heterocycles. The fourth-order valence-corrected chi connectivity index (χ4v) is 5.21. The molecule has 0 spiro atoms. The molecule has 0 bridgehead atoms. The molecule has 184 valence electrons. The summed E-state index contributed by atoms with van der Waals surface area (Å²) in [6.45, 7) is 4.15. The number of rotatable bonds is 4. The van der Waals surface area contributed by atoms with Crippen LogP contribution >= 0.6 is 0 Å². The van der Waals surface area contributed by atoms with Gasteiger partial charge in [0, 0.05) is 75.3 Å². The first kappa shape index (κ1) is 22.4. The Balaban J connectivity index is 1.23. The maximum Gasteiger partial charge on any atom is 0.255 e. The third kappa shape index (κ3) is 3.93. The molecule has 1 atom stereocenters. The number of aromatic nitrogens is 3. The Morgan fingerprint density at radius 1 is 1.03 bits per heavy atom. The lowest BCUT2D eigenvalue weighted by Crippen LogP contribution is -2.52. The zero-order valence-corrected chi connectivity index (χ0v) is 20.0. The molecule has 5 heterocycles. The Kier molecular flexibility index (Phi) is 5.52. The highest BCUT2D eigenvalue weighted by atomic mass is 16.2. The van der Waals surface area contributed by atoms with E-state index in [0.717, 1.165) is 60.2 Å². The van der Waals surface area contributed by atoms with Crippen LogP contribution in [0.15, 0.2) is 42.7 Å². The lowest BCUT2D eigenvalue weighted by Gasteiger charge is -2.29. The first-order valence-electron chi connectivity index (χ1n) is 12.2. The molecule has 1 aromatic carbocycles. The van der Waals surface area contributed by atoms with Gasteiger partial charge in [-0.1, -0.05) is 6.07 Å². The zero-order chi connectivity index (χ0) is 24.8. The molecule has 36 heavy (non-hydrogen) atoms. The number of carbonyl (C=O) groups excluding carboxylic acids is 3. The molecule has 0 radical (unpaired) electrons. The number of benzene rings is 1. The van der Waals surface area contributed by atoms with Crippen molar-refractivity contribution in [3.8, 4) is 22.6 Å². The topological polar surface area (TPSA) is 112 Å². The van der Waals surface area contributed by atoms with E-state index in [-0.39, 0.29) is 18.2 Å². The highest BCUT2D eigenvalue weighted by Crippen LogP contribution is 2.32. The second-order valence-corrected chi connectivity index (χ2v) is 9.47. The van der Waals surface area contributed by atoms with E-state index in [4.69, 9.17) is 4.98 Å². The van der Waals surface area contributed by atoms with Gasteiger partial charge in [0.15, 0.2) is 0 Å². The lowest BCUT2D eigenvalue weighted by molar-refractivity contribution is -0.136. The molecule has 2 fully saturated rings. The van der Waals surface area contributed by atoms with Crippen LogP contribution < -0.4 is 15.5 Å². The molecule has 10 heteroatoms. The first-order valence-corrected chi connectivity index (χ1v) is 12.2. The van der Waals surface area contributed by atoms with E-state index in [1.807, 2.05) is 42.2 Å². The first-order chi connectivity index (χ1) is 17.5. The van der Waals surface area contributed by atoms with Crippen LogP contribution in [0, 0.1) is 0 Å². The summed E-state index contributed by atoms with van der Waals surface area (Å²) in [5, 5.41) is 5.70. The number of imidazole rings is 1. The van der Waals surface area contributed by atoms with Crippen molar-refractivity contribution in [3.63, 3.8) is 0 Å². The molecule has 2 aromatic heterocycles. The Morgan fingerprint density at radius 3 is 2.58 bits per heavy atom. The van der Waals surface area contributed by atoms with Crippen LogP contribution in [0.25, 0.3) is 22.6 Å². The molecule has 0 aliphatic carbocycles. The Bertz CT molecular complexity index is 1360. The fourth-order valence-electron chi connectivity index (χ4n) is 5.21. The van der Waals surface area contributed by atoms with Gasteiger partial charge in [-0.2, -0.15) is 0 Å². The lowest BCUT2D eigenvalue weighted by atomic mass is 10.0. The van der Waals surface area contributed by atoms with E-state index in [9.17, 15) is 14.4 Å². The second kappa shape index (κ2) is 8.87. The summed E-state index contributed by atoms with van der Waals surface area (Å²) in [7, 11) is 1.96. The van der Waals surface area contributed by atoms with E-state index in [1.165, 1.54) is 0 Å². The third-order valence-corrected chi connectivity index (χ3v) is 7.14. The van der Waals surface area contributed by atoms with Gasteiger partial charge in [-0.15, -0.1) is 0 Å². The average Bonchev–Trinajstić information content (AvgIpc) is 3.44. The average molecular weight is 486 g/mol. The van der Waals surface area contributed by atoms with Gasteiger partial charge in [0.2, 0.25) is 11.8 Å². The van der Waals surface area contributed by atoms with Crippen LogP contribution in [-0.4, -0.2) is 69.4 Å². The van der Waals surface area contributed by atoms with E-state index in [1.54, 1.807) is 11.0 Å². The fraction of sp³-hybridized carbons (Fsp3) is 0.346. The summed E-state index contributed by atoms with van der Waals surface area (Å²) in [5.41, 5.74) is 4.08. The summed E-state index contributed by atoms with van der Waals surface area (Å²) in [6.07, 6.45) is 4.42. The quantitative estimate of drug-likeness (QED) is 0.536. The molecule has 1 unspecified atom stereocenters. The standard InChI is InChI=1S/C26H27N7O3/c1-31-15-20(29-24(31)17-3-6-22(28-13-17)32-10-8-27-9-11-32)16-2-4-19-18(12-16)14-33(26(19)36)21-5-7-23(34)30-25(21)35/h2-4,6,12-13,15,21,27H,5,7-11,14H2,1H3,(H,30,34,35). The summed E-state index contributed by atoms with van der Waals surface area (Å²) < 4.78 is 1.98. The summed E-state index contributed by atoms with van der Waals surface area (Å²) in [6, 6.07) is 9.13. The minimum absolute atomic E-state index is 0.177. The number of anilines is 1. The van der Waals surface area contributed by atoms with Crippen LogP contribution in [0.2, 0.25) is 0 Å². The number of fused-ring (bicyclic) bond motifs is 1. The molecule has 2 N–H and O–H groups in total. The number of aryl methyl sites for hydroxylation is 1. The molecular formula is C26H27N7O3. The third-order valence-electron chi connectivity index (χ3n) is 7.14. The summed E-state index contributed by atoms with van der Waals surface area (Å²) in [4.78, 5) is 50.2. The van der Waals surface area contributed by atoms with Crippen molar-refractivity contribution in [2.75, 3.05) is 31.1 Å². The number of piperidine rings is 1. The van der Waals surface area contributed by atoms with Gasteiger partial charge in [-0.3, -0.25) is 19.7 Å². The van der Waals surface area contributed by atoms with Crippen LogP contribution in [0.5, 0.6) is 0 Å². The SMILES string of the molecule is Cn1cc(-c2ccc3c(c2)CN(C2CCC(=O)NC2=O)C3=O)nc1-c1ccc(N2CCNCC2)nc1. The Labute approximate surface area is 208 Å². The molecule has 3 aromatic rings. The molecular weight excluding hydrogens is 458 g/mol. The van der Waals surface area contributed by atoms with Crippen LogP contribution in [0.3, 0.4) is 0 Å². The molecule has 10 nitrogen and oxygen atoms in total. The monoisotopic (exact) mass is 485 g/mol. The van der Waals surface area contributed by atoms with Gasteiger partial charge >= 0.3 is 0 Å². The molecule has 3 aliphatic rings. The van der Waals surface area contributed by atoms with Crippen molar-refractivity contribution in [1.29, 1.82) is 0 Å². The van der Waals surface area contributed by atoms with Gasteiger partial charge in [0.25, 0.3) is 5.91 Å². The largest absolute Gasteiger partial charge is 0.354 e. The Hall–Kier alpha value is -4.05. The number of nitrogens with zero attached hydrogens (tertiary/aromatic N) is 5. The smallest absolute Gasteiger partial charge is 0.255 e.